The average Bonchev–Trinajstić information content (AvgIpc) is 2.37. The van der Waals surface area contributed by atoms with E-state index in [4.69, 9.17) is 16.3 Å². The lowest BCUT2D eigenvalue weighted by atomic mass is 10.0. The normalized spacial score (nSPS) is 16.8. The van der Waals surface area contributed by atoms with Crippen molar-refractivity contribution in [1.82, 2.24) is 15.3 Å². The fraction of sp³-hybridized carbons (Fsp3) is 0.545. The lowest BCUT2D eigenvalue weighted by Gasteiger charge is -2.21. The number of nitrogens with one attached hydrogen (secondary N) is 1. The number of rotatable bonds is 3. The predicted octanol–water partition coefficient (Wildman–Crippen LogP) is 1.29. The summed E-state index contributed by atoms with van der Waals surface area (Å²) in [6, 6.07) is 0. The van der Waals surface area contributed by atoms with Crippen LogP contribution < -0.4 is 5.32 Å². The molecule has 0 saturated carbocycles. The minimum absolute atomic E-state index is 0.226. The van der Waals surface area contributed by atoms with Gasteiger partial charge in [-0.1, -0.05) is 11.6 Å². The van der Waals surface area contributed by atoms with Gasteiger partial charge in [0.1, 0.15) is 10.8 Å². The number of ether oxygens (including phenoxy) is 1. The topological polar surface area (TPSA) is 64.1 Å². The Labute approximate surface area is 105 Å². The molecule has 0 bridgehead atoms. The molecule has 1 aliphatic heterocycles. The van der Waals surface area contributed by atoms with Gasteiger partial charge >= 0.3 is 0 Å². The van der Waals surface area contributed by atoms with Gasteiger partial charge in [-0.2, -0.15) is 0 Å². The van der Waals surface area contributed by atoms with Gasteiger partial charge in [0, 0.05) is 19.8 Å². The standard InChI is InChI=1S/C11H14ClN3O2/c12-10-7-13-6-9(15-10)11(16)14-5-8-1-3-17-4-2-8/h6-8H,1-5H2,(H,14,16). The van der Waals surface area contributed by atoms with Gasteiger partial charge in [0.25, 0.3) is 5.91 Å². The molecule has 1 aromatic rings. The van der Waals surface area contributed by atoms with Gasteiger partial charge in [0.05, 0.1) is 12.4 Å². The van der Waals surface area contributed by atoms with Crippen LogP contribution in [0.1, 0.15) is 23.3 Å². The van der Waals surface area contributed by atoms with Crippen LogP contribution in [-0.2, 0) is 4.74 Å². The molecule has 2 heterocycles. The molecule has 0 aromatic carbocycles. The first-order chi connectivity index (χ1) is 8.25. The summed E-state index contributed by atoms with van der Waals surface area (Å²) in [6.45, 7) is 2.20. The highest BCUT2D eigenvalue weighted by Crippen LogP contribution is 2.13. The molecule has 1 amide bonds. The summed E-state index contributed by atoms with van der Waals surface area (Å²) in [7, 11) is 0. The van der Waals surface area contributed by atoms with E-state index in [1.165, 1.54) is 12.4 Å². The van der Waals surface area contributed by atoms with E-state index in [1.807, 2.05) is 0 Å². The summed E-state index contributed by atoms with van der Waals surface area (Å²) in [6.07, 6.45) is 4.78. The number of halogens is 1. The van der Waals surface area contributed by atoms with Crippen LogP contribution in [0.5, 0.6) is 0 Å². The Balaban J connectivity index is 1.84. The Morgan fingerprint density at radius 3 is 2.94 bits per heavy atom. The molecular weight excluding hydrogens is 242 g/mol. The fourth-order valence-electron chi connectivity index (χ4n) is 1.73. The maximum Gasteiger partial charge on any atom is 0.271 e. The Morgan fingerprint density at radius 2 is 2.24 bits per heavy atom. The van der Waals surface area contributed by atoms with Crippen molar-refractivity contribution < 1.29 is 9.53 Å². The molecule has 1 N–H and O–H groups in total. The van der Waals surface area contributed by atoms with E-state index in [1.54, 1.807) is 0 Å². The number of aromatic nitrogens is 2. The van der Waals surface area contributed by atoms with Crippen molar-refractivity contribution in [3.05, 3.63) is 23.2 Å². The summed E-state index contributed by atoms with van der Waals surface area (Å²) in [5, 5.41) is 3.07. The molecule has 0 unspecified atom stereocenters. The molecule has 17 heavy (non-hydrogen) atoms. The van der Waals surface area contributed by atoms with Crippen molar-refractivity contribution in [1.29, 1.82) is 0 Å². The fourth-order valence-corrected chi connectivity index (χ4v) is 1.88. The number of hydrogen-bond donors (Lipinski definition) is 1. The Bertz CT molecular complexity index is 394. The molecule has 0 atom stereocenters. The highest BCUT2D eigenvalue weighted by molar-refractivity contribution is 6.29. The summed E-state index contributed by atoms with van der Waals surface area (Å²) in [4.78, 5) is 19.5. The van der Waals surface area contributed by atoms with Crippen LogP contribution >= 0.6 is 11.6 Å². The lowest BCUT2D eigenvalue weighted by molar-refractivity contribution is 0.0642. The van der Waals surface area contributed by atoms with E-state index in [0.29, 0.717) is 12.5 Å². The summed E-state index contributed by atoms with van der Waals surface area (Å²) >= 11 is 5.67. The molecule has 2 rings (SSSR count). The zero-order valence-electron chi connectivity index (χ0n) is 9.36. The Hall–Kier alpha value is -1.20. The summed E-state index contributed by atoms with van der Waals surface area (Å²) < 4.78 is 5.25. The average molecular weight is 256 g/mol. The van der Waals surface area contributed by atoms with Crippen molar-refractivity contribution in [3.63, 3.8) is 0 Å². The van der Waals surface area contributed by atoms with Crippen molar-refractivity contribution in [2.75, 3.05) is 19.8 Å². The lowest BCUT2D eigenvalue weighted by Crippen LogP contribution is -2.32. The molecule has 6 heteroatoms. The van der Waals surface area contributed by atoms with E-state index >= 15 is 0 Å². The largest absolute Gasteiger partial charge is 0.381 e. The number of nitrogens with zero attached hydrogens (tertiary/aromatic N) is 2. The third-order valence-electron chi connectivity index (χ3n) is 2.73. The van der Waals surface area contributed by atoms with Crippen molar-refractivity contribution in [2.24, 2.45) is 5.92 Å². The van der Waals surface area contributed by atoms with Gasteiger partial charge in [-0.3, -0.25) is 9.78 Å². The van der Waals surface area contributed by atoms with E-state index in [-0.39, 0.29) is 16.8 Å². The molecule has 92 valence electrons. The van der Waals surface area contributed by atoms with Crippen LogP contribution in [0.3, 0.4) is 0 Å². The SMILES string of the molecule is O=C(NCC1CCOCC1)c1cncc(Cl)n1. The van der Waals surface area contributed by atoms with Crippen LogP contribution in [0, 0.1) is 5.92 Å². The van der Waals surface area contributed by atoms with Gasteiger partial charge < -0.3 is 10.1 Å². The van der Waals surface area contributed by atoms with E-state index in [9.17, 15) is 4.79 Å². The second kappa shape index (κ2) is 5.93. The first kappa shape index (κ1) is 12.3. The van der Waals surface area contributed by atoms with Crippen molar-refractivity contribution in [3.8, 4) is 0 Å². The molecule has 1 fully saturated rings. The monoisotopic (exact) mass is 255 g/mol. The van der Waals surface area contributed by atoms with Crippen molar-refractivity contribution in [2.45, 2.75) is 12.8 Å². The zero-order chi connectivity index (χ0) is 12.1. The molecule has 5 nitrogen and oxygen atoms in total. The number of carbonyl (C=O) groups is 1. The first-order valence-electron chi connectivity index (χ1n) is 5.59. The van der Waals surface area contributed by atoms with Gasteiger partial charge in [-0.25, -0.2) is 4.98 Å². The predicted molar refractivity (Wildman–Crippen MR) is 62.9 cm³/mol. The van der Waals surface area contributed by atoms with Crippen LogP contribution in [0.25, 0.3) is 0 Å². The number of amides is 1. The molecule has 1 saturated heterocycles. The van der Waals surface area contributed by atoms with Gasteiger partial charge in [-0.05, 0) is 18.8 Å². The van der Waals surface area contributed by atoms with E-state index < -0.39 is 0 Å². The second-order valence-corrected chi connectivity index (χ2v) is 4.38. The van der Waals surface area contributed by atoms with Gasteiger partial charge in [0.15, 0.2) is 0 Å². The Kier molecular flexibility index (Phi) is 4.28. The zero-order valence-corrected chi connectivity index (χ0v) is 10.1. The third-order valence-corrected chi connectivity index (χ3v) is 2.91. The number of hydrogen-bond acceptors (Lipinski definition) is 4. The van der Waals surface area contributed by atoms with Gasteiger partial charge in [0.2, 0.25) is 0 Å². The van der Waals surface area contributed by atoms with Crippen molar-refractivity contribution >= 4 is 17.5 Å². The van der Waals surface area contributed by atoms with Crippen LogP contribution in [0.2, 0.25) is 5.15 Å². The van der Waals surface area contributed by atoms with Gasteiger partial charge in [-0.15, -0.1) is 0 Å². The quantitative estimate of drug-likeness (QED) is 0.884. The summed E-state index contributed by atoms with van der Waals surface area (Å²) in [5.74, 6) is 0.256. The highest BCUT2D eigenvalue weighted by Gasteiger charge is 2.15. The second-order valence-electron chi connectivity index (χ2n) is 3.99. The smallest absolute Gasteiger partial charge is 0.271 e. The molecule has 1 aliphatic rings. The number of carbonyl (C=O) groups excluding carboxylic acids is 1. The Morgan fingerprint density at radius 1 is 1.47 bits per heavy atom. The van der Waals surface area contributed by atoms with E-state index in [0.717, 1.165) is 26.1 Å². The molecule has 0 spiro atoms. The minimum Gasteiger partial charge on any atom is -0.381 e. The molecule has 0 radical (unpaired) electrons. The van der Waals surface area contributed by atoms with Crippen LogP contribution in [-0.4, -0.2) is 35.6 Å². The molecule has 1 aromatic heterocycles. The van der Waals surface area contributed by atoms with Crippen LogP contribution in [0.15, 0.2) is 12.4 Å². The maximum atomic E-state index is 11.7. The molecular formula is C11H14ClN3O2. The minimum atomic E-state index is -0.230. The van der Waals surface area contributed by atoms with Crippen LogP contribution in [0.4, 0.5) is 0 Å². The summed E-state index contributed by atoms with van der Waals surface area (Å²) in [5.41, 5.74) is 0.254. The van der Waals surface area contributed by atoms with E-state index in [2.05, 4.69) is 15.3 Å². The highest BCUT2D eigenvalue weighted by atomic mass is 35.5. The third kappa shape index (κ3) is 3.64. The molecule has 0 aliphatic carbocycles. The first-order valence-corrected chi connectivity index (χ1v) is 5.97. The maximum absolute atomic E-state index is 11.7.